The molecule has 1 aliphatic heterocycles. The maximum atomic E-state index is 14.0. The van der Waals surface area contributed by atoms with Crippen LogP contribution in [-0.4, -0.2) is 83.8 Å². The van der Waals surface area contributed by atoms with Crippen molar-refractivity contribution in [3.8, 4) is 0 Å². The van der Waals surface area contributed by atoms with Crippen molar-refractivity contribution in [2.45, 2.75) is 105 Å². The standard InChI is InChI=1S/C31H51N5O7/c1-10-12-20(25(38)27(40)32-15-11-2)34-26(39)24-23-19(31(23,8)9)17-36(24)28(41)21(35-29(42)33-16-18(3)4)13-14-22(37)43-30(5,6)7/h11,18-21,23-24H,2,10,12-17H2,1,3-9H3,(H,32,40)(H,34,39)(H2,33,35,42). The first-order chi connectivity index (χ1) is 19.9. The number of rotatable bonds is 15. The minimum absolute atomic E-state index is 0.0210. The first-order valence-corrected chi connectivity index (χ1v) is 15.2. The van der Waals surface area contributed by atoms with Crippen LogP contribution in [0, 0.1) is 23.2 Å². The smallest absolute Gasteiger partial charge is 0.315 e. The minimum atomic E-state index is -1.09. The van der Waals surface area contributed by atoms with Gasteiger partial charge in [0.25, 0.3) is 5.91 Å². The Morgan fingerprint density at radius 1 is 1.02 bits per heavy atom. The lowest BCUT2D eigenvalue weighted by Crippen LogP contribution is -2.59. The number of carbonyl (C=O) groups is 6. The largest absolute Gasteiger partial charge is 0.460 e. The van der Waals surface area contributed by atoms with Crippen LogP contribution >= 0.6 is 0 Å². The summed E-state index contributed by atoms with van der Waals surface area (Å²) in [6, 6.07) is -3.60. The molecular formula is C31H51N5O7. The number of hydrogen-bond donors (Lipinski definition) is 4. The van der Waals surface area contributed by atoms with Gasteiger partial charge in [-0.3, -0.25) is 24.0 Å². The highest BCUT2D eigenvalue weighted by Crippen LogP contribution is 2.64. The molecule has 2 rings (SSSR count). The molecule has 1 saturated carbocycles. The fraction of sp³-hybridized carbons (Fsp3) is 0.742. The van der Waals surface area contributed by atoms with Gasteiger partial charge in [0, 0.05) is 26.1 Å². The molecule has 1 aliphatic carbocycles. The van der Waals surface area contributed by atoms with E-state index < -0.39 is 59.2 Å². The highest BCUT2D eigenvalue weighted by Gasteiger charge is 2.69. The zero-order valence-electron chi connectivity index (χ0n) is 27.0. The van der Waals surface area contributed by atoms with E-state index in [-0.39, 0.29) is 49.0 Å². The van der Waals surface area contributed by atoms with Crippen molar-refractivity contribution in [2.75, 3.05) is 19.6 Å². The predicted octanol–water partition coefficient (Wildman–Crippen LogP) is 2.07. The number of Topliss-reactive ketones (excluding diaryl/α,β-unsaturated/α-hetero) is 1. The molecule has 1 heterocycles. The number of ether oxygens (including phenoxy) is 1. The molecule has 4 N–H and O–H groups in total. The molecule has 0 aromatic heterocycles. The van der Waals surface area contributed by atoms with Gasteiger partial charge in [0.1, 0.15) is 17.7 Å². The summed E-state index contributed by atoms with van der Waals surface area (Å²) in [5.74, 6) is -3.04. The Balaban J connectivity index is 2.29. The van der Waals surface area contributed by atoms with Gasteiger partial charge in [-0.1, -0.05) is 47.1 Å². The number of fused-ring (bicyclic) bond motifs is 1. The summed E-state index contributed by atoms with van der Waals surface area (Å²) in [7, 11) is 0. The van der Waals surface area contributed by atoms with E-state index in [0.29, 0.717) is 19.5 Å². The molecule has 242 valence electrons. The number of piperidine rings is 1. The predicted molar refractivity (Wildman–Crippen MR) is 162 cm³/mol. The Hall–Kier alpha value is -3.44. The summed E-state index contributed by atoms with van der Waals surface area (Å²) in [6.07, 6.45) is 2.10. The van der Waals surface area contributed by atoms with Crippen LogP contribution in [0.1, 0.15) is 81.1 Å². The third kappa shape index (κ3) is 9.79. The van der Waals surface area contributed by atoms with Crippen LogP contribution in [0.15, 0.2) is 12.7 Å². The van der Waals surface area contributed by atoms with Gasteiger partial charge in [-0.25, -0.2) is 4.79 Å². The van der Waals surface area contributed by atoms with E-state index in [9.17, 15) is 28.8 Å². The third-order valence-electron chi connectivity index (χ3n) is 7.93. The van der Waals surface area contributed by atoms with Crippen LogP contribution in [0.25, 0.3) is 0 Å². The van der Waals surface area contributed by atoms with E-state index in [1.807, 2.05) is 34.6 Å². The van der Waals surface area contributed by atoms with Crippen molar-refractivity contribution < 1.29 is 33.5 Å². The Labute approximate surface area is 255 Å². The maximum Gasteiger partial charge on any atom is 0.315 e. The molecule has 0 aromatic rings. The van der Waals surface area contributed by atoms with Crippen molar-refractivity contribution in [1.82, 2.24) is 26.2 Å². The topological polar surface area (TPSA) is 163 Å². The van der Waals surface area contributed by atoms with Crippen molar-refractivity contribution >= 4 is 35.5 Å². The van der Waals surface area contributed by atoms with Crippen LogP contribution in [0.3, 0.4) is 0 Å². The van der Waals surface area contributed by atoms with Crippen molar-refractivity contribution in [3.05, 3.63) is 12.7 Å². The molecule has 0 spiro atoms. The van der Waals surface area contributed by atoms with Crippen LogP contribution in [0.5, 0.6) is 0 Å². The molecule has 5 atom stereocenters. The average molecular weight is 606 g/mol. The average Bonchev–Trinajstić information content (AvgIpc) is 3.22. The molecular weight excluding hydrogens is 554 g/mol. The lowest BCUT2D eigenvalue weighted by atomic mass is 9.98. The number of likely N-dealkylation sites (tertiary alicyclic amines) is 1. The first-order valence-electron chi connectivity index (χ1n) is 15.2. The summed E-state index contributed by atoms with van der Waals surface area (Å²) in [4.78, 5) is 79.6. The van der Waals surface area contributed by atoms with Gasteiger partial charge in [-0.05, 0) is 56.8 Å². The number of urea groups is 1. The monoisotopic (exact) mass is 605 g/mol. The second-order valence-electron chi connectivity index (χ2n) is 13.5. The maximum absolute atomic E-state index is 14.0. The van der Waals surface area contributed by atoms with Crippen LogP contribution in [0.4, 0.5) is 4.79 Å². The molecule has 12 heteroatoms. The molecule has 1 saturated heterocycles. The van der Waals surface area contributed by atoms with E-state index in [1.54, 1.807) is 20.8 Å². The lowest BCUT2D eigenvalue weighted by molar-refractivity contribution is -0.155. The number of carbonyl (C=O) groups excluding carboxylic acids is 6. The van der Waals surface area contributed by atoms with Gasteiger partial charge >= 0.3 is 12.0 Å². The summed E-state index contributed by atoms with van der Waals surface area (Å²) in [5.41, 5.74) is -0.919. The third-order valence-corrected chi connectivity index (χ3v) is 7.93. The molecule has 12 nitrogen and oxygen atoms in total. The molecule has 0 aromatic carbocycles. The molecule has 2 fully saturated rings. The van der Waals surface area contributed by atoms with Crippen molar-refractivity contribution in [3.63, 3.8) is 0 Å². The van der Waals surface area contributed by atoms with Gasteiger partial charge in [0.15, 0.2) is 0 Å². The molecule has 0 bridgehead atoms. The molecule has 5 unspecified atom stereocenters. The van der Waals surface area contributed by atoms with Crippen LogP contribution in [0.2, 0.25) is 0 Å². The Morgan fingerprint density at radius 3 is 2.23 bits per heavy atom. The first kappa shape index (κ1) is 35.8. The zero-order chi connectivity index (χ0) is 32.7. The second kappa shape index (κ2) is 14.8. The quantitative estimate of drug-likeness (QED) is 0.126. The SMILES string of the molecule is C=CCNC(=O)C(=O)C(CCC)NC(=O)C1C2C(CN1C(=O)C(CCC(=O)OC(C)(C)C)NC(=O)NCC(C)C)C2(C)C. The van der Waals surface area contributed by atoms with Gasteiger partial charge in [0.2, 0.25) is 17.6 Å². The zero-order valence-corrected chi connectivity index (χ0v) is 27.0. The van der Waals surface area contributed by atoms with Crippen LogP contribution < -0.4 is 21.3 Å². The highest BCUT2D eigenvalue weighted by atomic mass is 16.6. The number of amides is 5. The summed E-state index contributed by atoms with van der Waals surface area (Å²) >= 11 is 0. The number of hydrogen-bond acceptors (Lipinski definition) is 7. The minimum Gasteiger partial charge on any atom is -0.460 e. The number of nitrogens with one attached hydrogen (secondary N) is 4. The number of esters is 1. The normalized spacial score (nSPS) is 21.6. The van der Waals surface area contributed by atoms with E-state index in [1.165, 1.54) is 11.0 Å². The van der Waals surface area contributed by atoms with Gasteiger partial charge in [-0.15, -0.1) is 6.58 Å². The Kier molecular flexibility index (Phi) is 12.3. The summed E-state index contributed by atoms with van der Waals surface area (Å²) < 4.78 is 5.39. The molecule has 2 aliphatic rings. The molecule has 43 heavy (non-hydrogen) atoms. The van der Waals surface area contributed by atoms with Gasteiger partial charge in [-0.2, -0.15) is 0 Å². The van der Waals surface area contributed by atoms with Gasteiger partial charge in [0.05, 0.1) is 6.04 Å². The highest BCUT2D eigenvalue weighted by molar-refractivity contribution is 6.38. The molecule has 0 radical (unpaired) electrons. The van der Waals surface area contributed by atoms with E-state index in [4.69, 9.17) is 4.74 Å². The fourth-order valence-corrected chi connectivity index (χ4v) is 5.66. The van der Waals surface area contributed by atoms with Crippen molar-refractivity contribution in [1.29, 1.82) is 0 Å². The van der Waals surface area contributed by atoms with E-state index in [0.717, 1.165) is 0 Å². The van der Waals surface area contributed by atoms with Crippen molar-refractivity contribution in [2.24, 2.45) is 23.2 Å². The Morgan fingerprint density at radius 2 is 1.67 bits per heavy atom. The number of ketones is 1. The van der Waals surface area contributed by atoms with Gasteiger partial charge < -0.3 is 30.9 Å². The van der Waals surface area contributed by atoms with E-state index >= 15 is 0 Å². The molecule has 5 amide bonds. The number of nitrogens with zero attached hydrogens (tertiary/aromatic N) is 1. The van der Waals surface area contributed by atoms with E-state index in [2.05, 4.69) is 27.8 Å². The van der Waals surface area contributed by atoms with Crippen LogP contribution in [-0.2, 0) is 28.7 Å². The Bertz CT molecular complexity index is 1080. The second-order valence-corrected chi connectivity index (χ2v) is 13.5. The summed E-state index contributed by atoms with van der Waals surface area (Å²) in [5, 5.41) is 10.6. The summed E-state index contributed by atoms with van der Waals surface area (Å²) in [6.45, 7) is 19.3. The lowest BCUT2D eigenvalue weighted by Gasteiger charge is -2.34. The fourth-order valence-electron chi connectivity index (χ4n) is 5.66.